The molecule has 7 nitrogen and oxygen atoms in total. The highest BCUT2D eigenvalue weighted by Crippen LogP contribution is 2.20. The van der Waals surface area contributed by atoms with Gasteiger partial charge >= 0.3 is 6.09 Å². The van der Waals surface area contributed by atoms with Crippen LogP contribution in [0, 0.1) is 0 Å². The Balaban J connectivity index is 1.60. The quantitative estimate of drug-likeness (QED) is 0.831. The molecule has 23 heavy (non-hydrogen) atoms. The molecule has 1 aromatic rings. The van der Waals surface area contributed by atoms with Gasteiger partial charge in [-0.05, 0) is 42.5 Å². The van der Waals surface area contributed by atoms with Crippen LogP contribution in [-0.4, -0.2) is 41.4 Å². The fourth-order valence-corrected chi connectivity index (χ4v) is 2.84. The molecule has 2 heterocycles. The molecule has 0 radical (unpaired) electrons. The van der Waals surface area contributed by atoms with Crippen molar-refractivity contribution >= 4 is 12.0 Å². The lowest BCUT2D eigenvalue weighted by molar-refractivity contribution is -0.186. The lowest BCUT2D eigenvalue weighted by atomic mass is 9.97. The third-order valence-electron chi connectivity index (χ3n) is 4.17. The van der Waals surface area contributed by atoms with Crippen LogP contribution < -0.4 is 5.48 Å². The van der Waals surface area contributed by atoms with Crippen molar-refractivity contribution in [2.24, 2.45) is 0 Å². The summed E-state index contributed by atoms with van der Waals surface area (Å²) in [6.07, 6.45) is 2.13. The number of amides is 2. The zero-order chi connectivity index (χ0) is 16.2. The van der Waals surface area contributed by atoms with E-state index >= 15 is 0 Å². The summed E-state index contributed by atoms with van der Waals surface area (Å²) in [5, 5.41) is 9.03. The van der Waals surface area contributed by atoms with Gasteiger partial charge in [-0.3, -0.25) is 4.79 Å². The highest BCUT2D eigenvalue weighted by atomic mass is 16.8. The molecule has 1 saturated heterocycles. The number of hydroxylamine groups is 1. The Morgan fingerprint density at radius 3 is 2.91 bits per heavy atom. The second-order valence-corrected chi connectivity index (χ2v) is 5.78. The number of fused-ring (bicyclic) bond motifs is 1. The predicted molar refractivity (Wildman–Crippen MR) is 80.7 cm³/mol. The van der Waals surface area contributed by atoms with Crippen molar-refractivity contribution in [3.63, 3.8) is 0 Å². The minimum absolute atomic E-state index is 0.317. The summed E-state index contributed by atoms with van der Waals surface area (Å²) >= 11 is 0. The van der Waals surface area contributed by atoms with Crippen LogP contribution >= 0.6 is 0 Å². The second kappa shape index (κ2) is 6.97. The molecule has 124 valence electrons. The van der Waals surface area contributed by atoms with Crippen LogP contribution in [0.3, 0.4) is 0 Å². The minimum atomic E-state index is -0.918. The summed E-state index contributed by atoms with van der Waals surface area (Å²) in [4.78, 5) is 29.8. The van der Waals surface area contributed by atoms with Gasteiger partial charge in [0.1, 0.15) is 0 Å². The number of rotatable bonds is 3. The minimum Gasteiger partial charge on any atom is -0.465 e. The summed E-state index contributed by atoms with van der Waals surface area (Å²) in [5.74, 6) is -0.317. The van der Waals surface area contributed by atoms with E-state index in [9.17, 15) is 9.59 Å². The summed E-state index contributed by atoms with van der Waals surface area (Å²) in [6, 6.07) is 5.29. The molecule has 2 amide bonds. The summed E-state index contributed by atoms with van der Waals surface area (Å²) in [6.45, 7) is 1.46. The van der Waals surface area contributed by atoms with Crippen molar-refractivity contribution in [2.75, 3.05) is 13.2 Å². The number of hydrogen-bond donors (Lipinski definition) is 2. The predicted octanol–water partition coefficient (Wildman–Crippen LogP) is 1.91. The molecule has 2 N–H and O–H groups in total. The van der Waals surface area contributed by atoms with Crippen LogP contribution in [0.15, 0.2) is 18.2 Å². The van der Waals surface area contributed by atoms with Crippen LogP contribution in [-0.2, 0) is 22.5 Å². The number of hydrogen-bond acceptors (Lipinski definition) is 4. The molecule has 7 heteroatoms. The highest BCUT2D eigenvalue weighted by Gasteiger charge is 2.21. The van der Waals surface area contributed by atoms with Crippen LogP contribution in [0.1, 0.15) is 40.7 Å². The molecule has 0 aliphatic carbocycles. The van der Waals surface area contributed by atoms with Crippen molar-refractivity contribution < 1.29 is 24.3 Å². The van der Waals surface area contributed by atoms with Crippen LogP contribution in [0.4, 0.5) is 4.79 Å². The SMILES string of the molecule is O=C(NOC1CCCCO1)c1ccc2c(c1)CCN(C(=O)O)C2. The van der Waals surface area contributed by atoms with Crippen LogP contribution in [0.25, 0.3) is 0 Å². The Kier molecular flexibility index (Phi) is 4.78. The number of carbonyl (C=O) groups is 2. The average Bonchev–Trinajstić information content (AvgIpc) is 2.59. The number of nitrogens with zero attached hydrogens (tertiary/aromatic N) is 1. The molecule has 1 atom stereocenters. The summed E-state index contributed by atoms with van der Waals surface area (Å²) < 4.78 is 5.39. The lowest BCUT2D eigenvalue weighted by Gasteiger charge is -2.26. The van der Waals surface area contributed by atoms with Gasteiger partial charge in [0, 0.05) is 31.7 Å². The molecule has 1 aromatic carbocycles. The maximum absolute atomic E-state index is 12.1. The fraction of sp³-hybridized carbons (Fsp3) is 0.500. The lowest BCUT2D eigenvalue weighted by Crippen LogP contribution is -2.35. The zero-order valence-electron chi connectivity index (χ0n) is 12.8. The van der Waals surface area contributed by atoms with E-state index in [0.717, 1.165) is 30.4 Å². The number of ether oxygens (including phenoxy) is 1. The smallest absolute Gasteiger partial charge is 0.407 e. The van der Waals surface area contributed by atoms with Gasteiger partial charge in [0.2, 0.25) is 0 Å². The first kappa shape index (κ1) is 15.8. The average molecular weight is 320 g/mol. The fourth-order valence-electron chi connectivity index (χ4n) is 2.84. The van der Waals surface area contributed by atoms with Crippen LogP contribution in [0.2, 0.25) is 0 Å². The van der Waals surface area contributed by atoms with Crippen molar-refractivity contribution in [1.29, 1.82) is 0 Å². The molecule has 0 aromatic heterocycles. The molecule has 1 fully saturated rings. The molecule has 0 bridgehead atoms. The van der Waals surface area contributed by atoms with Gasteiger partial charge in [-0.1, -0.05) is 6.07 Å². The number of nitrogens with one attached hydrogen (secondary N) is 1. The molecule has 0 saturated carbocycles. The largest absolute Gasteiger partial charge is 0.465 e. The van der Waals surface area contributed by atoms with Crippen molar-refractivity contribution in [3.8, 4) is 0 Å². The van der Waals surface area contributed by atoms with Gasteiger partial charge in [0.25, 0.3) is 5.91 Å². The van der Waals surface area contributed by atoms with E-state index in [2.05, 4.69) is 5.48 Å². The van der Waals surface area contributed by atoms with E-state index in [4.69, 9.17) is 14.7 Å². The van der Waals surface area contributed by atoms with Crippen molar-refractivity contribution in [1.82, 2.24) is 10.4 Å². The van der Waals surface area contributed by atoms with E-state index in [0.29, 0.717) is 31.7 Å². The van der Waals surface area contributed by atoms with Gasteiger partial charge < -0.3 is 14.7 Å². The van der Waals surface area contributed by atoms with Crippen molar-refractivity contribution in [2.45, 2.75) is 38.5 Å². The molecule has 2 aliphatic heterocycles. The van der Waals surface area contributed by atoms with Crippen molar-refractivity contribution in [3.05, 3.63) is 34.9 Å². The molecule has 1 unspecified atom stereocenters. The monoisotopic (exact) mass is 320 g/mol. The first-order valence-corrected chi connectivity index (χ1v) is 7.81. The topological polar surface area (TPSA) is 88.1 Å². The molecule has 3 rings (SSSR count). The third-order valence-corrected chi connectivity index (χ3v) is 4.17. The van der Waals surface area contributed by atoms with E-state index < -0.39 is 6.09 Å². The maximum Gasteiger partial charge on any atom is 0.407 e. The number of carboxylic acid groups (broad SMARTS) is 1. The Hall–Kier alpha value is -2.12. The molecular weight excluding hydrogens is 300 g/mol. The second-order valence-electron chi connectivity index (χ2n) is 5.78. The van der Waals surface area contributed by atoms with Crippen LogP contribution in [0.5, 0.6) is 0 Å². The van der Waals surface area contributed by atoms with Gasteiger partial charge in [-0.15, -0.1) is 0 Å². The van der Waals surface area contributed by atoms with Gasteiger partial charge in [0.15, 0.2) is 6.29 Å². The van der Waals surface area contributed by atoms with Gasteiger partial charge in [0.05, 0.1) is 0 Å². The zero-order valence-corrected chi connectivity index (χ0v) is 12.8. The number of carbonyl (C=O) groups excluding carboxylic acids is 1. The van der Waals surface area contributed by atoms with Gasteiger partial charge in [-0.2, -0.15) is 0 Å². The third kappa shape index (κ3) is 3.80. The molecule has 0 spiro atoms. The molecular formula is C16H20N2O5. The van der Waals surface area contributed by atoms with E-state index in [-0.39, 0.29) is 12.2 Å². The normalized spacial score (nSPS) is 20.7. The van der Waals surface area contributed by atoms with E-state index in [1.807, 2.05) is 0 Å². The Morgan fingerprint density at radius 1 is 1.30 bits per heavy atom. The first-order chi connectivity index (χ1) is 11.1. The van der Waals surface area contributed by atoms with Gasteiger partial charge in [-0.25, -0.2) is 15.1 Å². The molecule has 2 aliphatic rings. The highest BCUT2D eigenvalue weighted by molar-refractivity contribution is 5.93. The van der Waals surface area contributed by atoms with E-state index in [1.54, 1.807) is 18.2 Å². The number of benzene rings is 1. The standard InChI is InChI=1S/C16H20N2O5/c19-15(17-23-14-3-1-2-8-22-14)12-4-5-13-10-18(16(20)21)7-6-11(13)9-12/h4-5,9,14H,1-3,6-8,10H2,(H,17,19)(H,20,21). The maximum atomic E-state index is 12.1. The summed E-state index contributed by atoms with van der Waals surface area (Å²) in [5.41, 5.74) is 4.88. The Morgan fingerprint density at radius 2 is 2.17 bits per heavy atom. The summed E-state index contributed by atoms with van der Waals surface area (Å²) in [7, 11) is 0. The Bertz CT molecular complexity index is 598. The van der Waals surface area contributed by atoms with E-state index in [1.165, 1.54) is 4.90 Å². The Labute approximate surface area is 134 Å². The first-order valence-electron chi connectivity index (χ1n) is 7.81.